The summed E-state index contributed by atoms with van der Waals surface area (Å²) in [6, 6.07) is 1.53. The van der Waals surface area contributed by atoms with Crippen molar-refractivity contribution in [2.45, 2.75) is 20.3 Å². The standard InChI is InChI=1S/C11H20N4O2/c1-8(4-5-16)7-12-11(17)13-10-6-9(2)15(3)14-10/h6,8,16H,4-5,7H2,1-3H3,(H2,12,13,14,17). The van der Waals surface area contributed by atoms with Crippen LogP contribution in [0.2, 0.25) is 0 Å². The molecule has 1 heterocycles. The van der Waals surface area contributed by atoms with E-state index in [4.69, 9.17) is 5.11 Å². The lowest BCUT2D eigenvalue weighted by molar-refractivity contribution is 0.243. The Labute approximate surface area is 101 Å². The van der Waals surface area contributed by atoms with Gasteiger partial charge >= 0.3 is 6.03 Å². The topological polar surface area (TPSA) is 79.2 Å². The van der Waals surface area contributed by atoms with E-state index in [1.54, 1.807) is 10.7 Å². The van der Waals surface area contributed by atoms with Gasteiger partial charge in [0.15, 0.2) is 5.82 Å². The number of carbonyl (C=O) groups excluding carboxylic acids is 1. The van der Waals surface area contributed by atoms with Crippen LogP contribution in [0, 0.1) is 12.8 Å². The van der Waals surface area contributed by atoms with Gasteiger partial charge in [-0.1, -0.05) is 6.92 Å². The minimum atomic E-state index is -0.270. The third kappa shape index (κ3) is 4.44. The highest BCUT2D eigenvalue weighted by atomic mass is 16.3. The van der Waals surface area contributed by atoms with Gasteiger partial charge in [0.2, 0.25) is 0 Å². The summed E-state index contributed by atoms with van der Waals surface area (Å²) in [7, 11) is 1.82. The Morgan fingerprint density at radius 1 is 1.65 bits per heavy atom. The second-order valence-corrected chi connectivity index (χ2v) is 4.25. The Hall–Kier alpha value is -1.56. The maximum absolute atomic E-state index is 11.5. The van der Waals surface area contributed by atoms with Gasteiger partial charge in [-0.05, 0) is 19.3 Å². The van der Waals surface area contributed by atoms with Crippen molar-refractivity contribution < 1.29 is 9.90 Å². The van der Waals surface area contributed by atoms with Crippen molar-refractivity contribution in [3.8, 4) is 0 Å². The van der Waals surface area contributed by atoms with E-state index in [-0.39, 0.29) is 18.6 Å². The first-order valence-electron chi connectivity index (χ1n) is 5.69. The van der Waals surface area contributed by atoms with Crippen molar-refractivity contribution in [1.82, 2.24) is 15.1 Å². The number of aromatic nitrogens is 2. The lowest BCUT2D eigenvalue weighted by Gasteiger charge is -2.10. The molecule has 1 aromatic rings. The van der Waals surface area contributed by atoms with E-state index >= 15 is 0 Å². The van der Waals surface area contributed by atoms with Gasteiger partial charge in [0.05, 0.1) is 0 Å². The highest BCUT2D eigenvalue weighted by Gasteiger charge is 2.07. The smallest absolute Gasteiger partial charge is 0.320 e. The molecule has 2 amide bonds. The Morgan fingerprint density at radius 2 is 2.35 bits per heavy atom. The van der Waals surface area contributed by atoms with Gasteiger partial charge in [0.25, 0.3) is 0 Å². The van der Waals surface area contributed by atoms with Gasteiger partial charge in [0, 0.05) is 32.0 Å². The monoisotopic (exact) mass is 240 g/mol. The second kappa shape index (κ2) is 6.24. The highest BCUT2D eigenvalue weighted by molar-refractivity contribution is 5.88. The number of anilines is 1. The average molecular weight is 240 g/mol. The summed E-state index contributed by atoms with van der Waals surface area (Å²) in [5.41, 5.74) is 0.981. The molecule has 0 spiro atoms. The molecule has 0 saturated heterocycles. The molecule has 0 saturated carbocycles. The SMILES string of the molecule is Cc1cc(NC(=O)NCC(C)CCO)nn1C. The van der Waals surface area contributed by atoms with Gasteiger partial charge in [-0.15, -0.1) is 0 Å². The molecular formula is C11H20N4O2. The number of hydrogen-bond acceptors (Lipinski definition) is 3. The third-order valence-corrected chi connectivity index (χ3v) is 2.59. The fourth-order valence-electron chi connectivity index (χ4n) is 1.37. The zero-order chi connectivity index (χ0) is 12.8. The molecule has 0 radical (unpaired) electrons. The molecule has 3 N–H and O–H groups in total. The zero-order valence-electron chi connectivity index (χ0n) is 10.5. The number of aliphatic hydroxyl groups excluding tert-OH is 1. The first-order chi connectivity index (χ1) is 8.02. The fraction of sp³-hybridized carbons (Fsp3) is 0.636. The van der Waals surface area contributed by atoms with Crippen LogP contribution in [-0.2, 0) is 7.05 Å². The van der Waals surface area contributed by atoms with Crippen molar-refractivity contribution in [2.75, 3.05) is 18.5 Å². The number of urea groups is 1. The number of aliphatic hydroxyl groups is 1. The van der Waals surface area contributed by atoms with E-state index in [1.165, 1.54) is 0 Å². The Bertz CT molecular complexity index is 356. The van der Waals surface area contributed by atoms with E-state index in [9.17, 15) is 4.79 Å². The van der Waals surface area contributed by atoms with Gasteiger partial charge in [-0.3, -0.25) is 10.00 Å². The van der Waals surface area contributed by atoms with E-state index < -0.39 is 0 Å². The molecule has 1 aromatic heterocycles. The second-order valence-electron chi connectivity index (χ2n) is 4.25. The van der Waals surface area contributed by atoms with Crippen molar-refractivity contribution >= 4 is 11.8 Å². The number of nitrogens with one attached hydrogen (secondary N) is 2. The van der Waals surface area contributed by atoms with Crippen molar-refractivity contribution in [3.05, 3.63) is 11.8 Å². The van der Waals surface area contributed by atoms with Crippen LogP contribution in [0.5, 0.6) is 0 Å². The molecule has 96 valence electrons. The molecule has 0 aliphatic carbocycles. The van der Waals surface area contributed by atoms with Crippen LogP contribution in [0.1, 0.15) is 19.0 Å². The minimum Gasteiger partial charge on any atom is -0.396 e. The maximum atomic E-state index is 11.5. The molecule has 0 aliphatic rings. The molecule has 0 bridgehead atoms. The molecule has 6 heteroatoms. The van der Waals surface area contributed by atoms with Gasteiger partial charge in [-0.2, -0.15) is 5.10 Å². The number of aryl methyl sites for hydroxylation is 2. The predicted octanol–water partition coefficient (Wildman–Crippen LogP) is 0.869. The molecule has 1 unspecified atom stereocenters. The van der Waals surface area contributed by atoms with Gasteiger partial charge < -0.3 is 10.4 Å². The summed E-state index contributed by atoms with van der Waals surface area (Å²) in [6.45, 7) is 4.57. The van der Waals surface area contributed by atoms with Crippen LogP contribution in [0.4, 0.5) is 10.6 Å². The minimum absolute atomic E-state index is 0.143. The van der Waals surface area contributed by atoms with Crippen molar-refractivity contribution in [2.24, 2.45) is 13.0 Å². The van der Waals surface area contributed by atoms with Crippen LogP contribution in [0.15, 0.2) is 6.07 Å². The van der Waals surface area contributed by atoms with E-state index in [0.29, 0.717) is 18.8 Å². The maximum Gasteiger partial charge on any atom is 0.320 e. The largest absolute Gasteiger partial charge is 0.396 e. The third-order valence-electron chi connectivity index (χ3n) is 2.59. The average Bonchev–Trinajstić information content (AvgIpc) is 2.55. The Kier molecular flexibility index (Phi) is 4.96. The van der Waals surface area contributed by atoms with E-state index in [0.717, 1.165) is 5.69 Å². The van der Waals surface area contributed by atoms with Crippen LogP contribution < -0.4 is 10.6 Å². The summed E-state index contributed by atoms with van der Waals surface area (Å²) in [5.74, 6) is 0.800. The quantitative estimate of drug-likeness (QED) is 0.714. The summed E-state index contributed by atoms with van der Waals surface area (Å²) in [6.07, 6.45) is 0.684. The van der Waals surface area contributed by atoms with Crippen LogP contribution in [-0.4, -0.2) is 34.1 Å². The lowest BCUT2D eigenvalue weighted by atomic mass is 10.1. The van der Waals surface area contributed by atoms with Crippen LogP contribution >= 0.6 is 0 Å². The lowest BCUT2D eigenvalue weighted by Crippen LogP contribution is -2.32. The molecule has 0 fully saturated rings. The summed E-state index contributed by atoms with van der Waals surface area (Å²) >= 11 is 0. The van der Waals surface area contributed by atoms with E-state index in [1.807, 2.05) is 20.9 Å². The van der Waals surface area contributed by atoms with Crippen molar-refractivity contribution in [3.63, 3.8) is 0 Å². The molecule has 1 rings (SSSR count). The van der Waals surface area contributed by atoms with Gasteiger partial charge in [0.1, 0.15) is 0 Å². The molecule has 0 aliphatic heterocycles. The number of carbonyl (C=O) groups is 1. The number of nitrogens with zero attached hydrogens (tertiary/aromatic N) is 2. The number of rotatable bonds is 5. The predicted molar refractivity (Wildman–Crippen MR) is 65.8 cm³/mol. The zero-order valence-corrected chi connectivity index (χ0v) is 10.5. The van der Waals surface area contributed by atoms with Crippen LogP contribution in [0.25, 0.3) is 0 Å². The van der Waals surface area contributed by atoms with Crippen molar-refractivity contribution in [1.29, 1.82) is 0 Å². The summed E-state index contributed by atoms with van der Waals surface area (Å²) < 4.78 is 1.70. The molecule has 6 nitrogen and oxygen atoms in total. The van der Waals surface area contributed by atoms with E-state index in [2.05, 4.69) is 15.7 Å². The highest BCUT2D eigenvalue weighted by Crippen LogP contribution is 2.06. The van der Waals surface area contributed by atoms with Crippen LogP contribution in [0.3, 0.4) is 0 Å². The number of hydrogen-bond donors (Lipinski definition) is 3. The summed E-state index contributed by atoms with van der Waals surface area (Å²) in [5, 5.41) is 18.2. The Balaban J connectivity index is 2.34. The first-order valence-corrected chi connectivity index (χ1v) is 5.69. The molecule has 17 heavy (non-hydrogen) atoms. The molecular weight excluding hydrogens is 220 g/mol. The normalized spacial score (nSPS) is 12.2. The Morgan fingerprint density at radius 3 is 2.88 bits per heavy atom. The molecule has 0 aromatic carbocycles. The number of amides is 2. The summed E-state index contributed by atoms with van der Waals surface area (Å²) in [4.78, 5) is 11.5. The van der Waals surface area contributed by atoms with Gasteiger partial charge in [-0.25, -0.2) is 4.79 Å². The fourth-order valence-corrected chi connectivity index (χ4v) is 1.37. The first kappa shape index (κ1) is 13.5. The molecule has 1 atom stereocenters.